The first kappa shape index (κ1) is 21.9. The normalized spacial score (nSPS) is 16.6. The van der Waals surface area contributed by atoms with E-state index in [0.29, 0.717) is 23.1 Å². The van der Waals surface area contributed by atoms with Gasteiger partial charge in [0.25, 0.3) is 5.91 Å². The molecule has 0 aliphatic carbocycles. The van der Waals surface area contributed by atoms with Crippen molar-refractivity contribution in [3.63, 3.8) is 0 Å². The van der Waals surface area contributed by atoms with Crippen LogP contribution in [-0.2, 0) is 14.8 Å². The van der Waals surface area contributed by atoms with Gasteiger partial charge in [0.2, 0.25) is 10.0 Å². The average Bonchev–Trinajstić information content (AvgIpc) is 3.20. The van der Waals surface area contributed by atoms with Gasteiger partial charge in [-0.15, -0.1) is 0 Å². The van der Waals surface area contributed by atoms with Crippen molar-refractivity contribution in [1.82, 2.24) is 4.72 Å². The fraction of sp³-hybridized carbons (Fsp3) is 0.316. The molecular weight excluding hydrogens is 439 g/mol. The van der Waals surface area contributed by atoms with Crippen molar-refractivity contribution < 1.29 is 22.7 Å². The van der Waals surface area contributed by atoms with Gasteiger partial charge in [-0.2, -0.15) is 0 Å². The van der Waals surface area contributed by atoms with Crippen molar-refractivity contribution in [2.24, 2.45) is 0 Å². The molecule has 1 aliphatic heterocycles. The summed E-state index contributed by atoms with van der Waals surface area (Å²) in [7, 11) is -2.45. The number of carbonyl (C=O) groups is 1. The molecule has 0 radical (unpaired) electrons. The number of nitrogens with one attached hydrogen (secondary N) is 2. The number of hydrogen-bond acceptors (Lipinski definition) is 5. The van der Waals surface area contributed by atoms with Gasteiger partial charge in [0.15, 0.2) is 0 Å². The van der Waals surface area contributed by atoms with Crippen LogP contribution in [0.4, 0.5) is 5.69 Å². The van der Waals surface area contributed by atoms with Crippen molar-refractivity contribution in [2.75, 3.05) is 25.6 Å². The van der Waals surface area contributed by atoms with Gasteiger partial charge in [-0.1, -0.05) is 23.2 Å². The highest BCUT2D eigenvalue weighted by molar-refractivity contribution is 7.89. The number of amides is 1. The smallest absolute Gasteiger partial charge is 0.255 e. The van der Waals surface area contributed by atoms with E-state index in [1.54, 1.807) is 12.1 Å². The number of ether oxygens (including phenoxy) is 2. The fourth-order valence-electron chi connectivity index (χ4n) is 2.91. The minimum absolute atomic E-state index is 0.0155. The molecular formula is C19H20Cl2N2O5S. The third kappa shape index (κ3) is 5.40. The summed E-state index contributed by atoms with van der Waals surface area (Å²) >= 11 is 12.1. The zero-order valence-electron chi connectivity index (χ0n) is 15.6. The van der Waals surface area contributed by atoms with Crippen LogP contribution in [0.2, 0.25) is 10.0 Å². The van der Waals surface area contributed by atoms with Gasteiger partial charge < -0.3 is 14.8 Å². The first-order valence-electron chi connectivity index (χ1n) is 8.86. The molecule has 2 aromatic rings. The number of sulfonamides is 1. The van der Waals surface area contributed by atoms with E-state index in [-0.39, 0.29) is 28.1 Å². The molecule has 0 unspecified atom stereocenters. The largest absolute Gasteiger partial charge is 0.495 e. The molecule has 0 bridgehead atoms. The summed E-state index contributed by atoms with van der Waals surface area (Å²) in [5.74, 6) is -0.111. The van der Waals surface area contributed by atoms with E-state index in [2.05, 4.69) is 10.0 Å². The van der Waals surface area contributed by atoms with Gasteiger partial charge in [-0.25, -0.2) is 13.1 Å². The van der Waals surface area contributed by atoms with Gasteiger partial charge >= 0.3 is 0 Å². The van der Waals surface area contributed by atoms with E-state index in [1.807, 2.05) is 0 Å². The minimum atomic E-state index is -3.91. The number of rotatable bonds is 7. The third-order valence-electron chi connectivity index (χ3n) is 4.42. The number of methoxy groups -OCH3 is 1. The highest BCUT2D eigenvalue weighted by Gasteiger charge is 2.23. The Bertz CT molecular complexity index is 1010. The molecule has 1 amide bonds. The standard InChI is InChI=1S/C19H20Cl2N2O5S/c1-27-17-7-5-13(20)10-16(17)23-19(24)12-4-6-15(21)18(9-12)29(25,26)22-11-14-3-2-8-28-14/h4-7,9-10,14,22H,2-3,8,11H2,1H3,(H,23,24)/t14-/m1/s1. The van der Waals surface area contributed by atoms with E-state index in [4.69, 9.17) is 32.7 Å². The zero-order chi connectivity index (χ0) is 21.0. The lowest BCUT2D eigenvalue weighted by atomic mass is 10.2. The van der Waals surface area contributed by atoms with E-state index in [0.717, 1.165) is 12.8 Å². The molecule has 1 heterocycles. The van der Waals surface area contributed by atoms with Crippen molar-refractivity contribution >= 4 is 44.8 Å². The first-order chi connectivity index (χ1) is 13.8. The maximum atomic E-state index is 12.7. The van der Waals surface area contributed by atoms with Crippen LogP contribution >= 0.6 is 23.2 Å². The summed E-state index contributed by atoms with van der Waals surface area (Å²) in [5, 5.41) is 3.10. The van der Waals surface area contributed by atoms with Crippen LogP contribution in [0, 0.1) is 0 Å². The van der Waals surface area contributed by atoms with Crippen molar-refractivity contribution in [2.45, 2.75) is 23.8 Å². The van der Waals surface area contributed by atoms with E-state index >= 15 is 0 Å². The Morgan fingerprint density at radius 3 is 2.72 bits per heavy atom. The Hall–Kier alpha value is -1.84. The molecule has 1 fully saturated rings. The lowest BCUT2D eigenvalue weighted by molar-refractivity contribution is 0.102. The molecule has 1 aliphatic rings. The third-order valence-corrected chi connectivity index (χ3v) is 6.56. The molecule has 2 N–H and O–H groups in total. The number of hydrogen-bond donors (Lipinski definition) is 2. The van der Waals surface area contributed by atoms with Gasteiger partial charge in [0.1, 0.15) is 10.6 Å². The van der Waals surface area contributed by atoms with Crippen molar-refractivity contribution in [3.8, 4) is 5.75 Å². The monoisotopic (exact) mass is 458 g/mol. The summed E-state index contributed by atoms with van der Waals surface area (Å²) in [6.07, 6.45) is 1.53. The predicted octanol–water partition coefficient (Wildman–Crippen LogP) is 3.71. The summed E-state index contributed by atoms with van der Waals surface area (Å²) in [6.45, 7) is 0.768. The maximum absolute atomic E-state index is 12.7. The Labute approximate surface area is 179 Å². The van der Waals surface area contributed by atoms with Crippen molar-refractivity contribution in [3.05, 3.63) is 52.0 Å². The van der Waals surface area contributed by atoms with Crippen LogP contribution in [0.25, 0.3) is 0 Å². The quantitative estimate of drug-likeness (QED) is 0.659. The topological polar surface area (TPSA) is 93.7 Å². The second kappa shape index (κ2) is 9.32. The molecule has 1 saturated heterocycles. The molecule has 0 aromatic heterocycles. The summed E-state index contributed by atoms with van der Waals surface area (Å²) in [6, 6.07) is 8.81. The number of halogens is 2. The summed E-state index contributed by atoms with van der Waals surface area (Å²) in [4.78, 5) is 12.5. The Morgan fingerprint density at radius 2 is 2.03 bits per heavy atom. The Morgan fingerprint density at radius 1 is 1.24 bits per heavy atom. The average molecular weight is 459 g/mol. The highest BCUT2D eigenvalue weighted by atomic mass is 35.5. The van der Waals surface area contributed by atoms with Crippen LogP contribution in [-0.4, -0.2) is 40.7 Å². The number of benzene rings is 2. The van der Waals surface area contributed by atoms with Gasteiger partial charge in [0, 0.05) is 23.7 Å². The zero-order valence-corrected chi connectivity index (χ0v) is 17.9. The molecule has 1 atom stereocenters. The summed E-state index contributed by atoms with van der Waals surface area (Å²) in [5.41, 5.74) is 0.481. The molecule has 29 heavy (non-hydrogen) atoms. The SMILES string of the molecule is COc1ccc(Cl)cc1NC(=O)c1ccc(Cl)c(S(=O)(=O)NC[C@H]2CCCO2)c1. The number of anilines is 1. The van der Waals surface area contributed by atoms with Crippen molar-refractivity contribution in [1.29, 1.82) is 0 Å². The molecule has 10 heteroatoms. The van der Waals surface area contributed by atoms with Crippen LogP contribution in [0.3, 0.4) is 0 Å². The molecule has 3 rings (SSSR count). The Balaban J connectivity index is 1.80. The second-order valence-corrected chi connectivity index (χ2v) is 9.01. The predicted molar refractivity (Wildman–Crippen MR) is 112 cm³/mol. The first-order valence-corrected chi connectivity index (χ1v) is 11.1. The van der Waals surface area contributed by atoms with Crippen LogP contribution in [0.1, 0.15) is 23.2 Å². The van der Waals surface area contributed by atoms with Crippen LogP contribution in [0.15, 0.2) is 41.3 Å². The van der Waals surface area contributed by atoms with Crippen LogP contribution < -0.4 is 14.8 Å². The molecule has 0 spiro atoms. The van der Waals surface area contributed by atoms with Crippen LogP contribution in [0.5, 0.6) is 5.75 Å². The highest BCUT2D eigenvalue weighted by Crippen LogP contribution is 2.29. The lowest BCUT2D eigenvalue weighted by Gasteiger charge is -2.14. The molecule has 156 valence electrons. The van der Waals surface area contributed by atoms with Gasteiger partial charge in [-0.3, -0.25) is 4.79 Å². The van der Waals surface area contributed by atoms with E-state index < -0.39 is 15.9 Å². The Kier molecular flexibility index (Phi) is 7.02. The van der Waals surface area contributed by atoms with Gasteiger partial charge in [0.05, 0.1) is 23.9 Å². The van der Waals surface area contributed by atoms with E-state index in [1.165, 1.54) is 31.4 Å². The lowest BCUT2D eigenvalue weighted by Crippen LogP contribution is -2.32. The van der Waals surface area contributed by atoms with Gasteiger partial charge in [-0.05, 0) is 49.2 Å². The maximum Gasteiger partial charge on any atom is 0.255 e. The van der Waals surface area contributed by atoms with E-state index in [9.17, 15) is 13.2 Å². The fourth-order valence-corrected chi connectivity index (χ4v) is 4.67. The summed E-state index contributed by atoms with van der Waals surface area (Å²) < 4.78 is 38.5. The molecule has 2 aromatic carbocycles. The minimum Gasteiger partial charge on any atom is -0.495 e. The second-order valence-electron chi connectivity index (χ2n) is 6.43. The number of carbonyl (C=O) groups excluding carboxylic acids is 1. The molecule has 0 saturated carbocycles. The molecule has 7 nitrogen and oxygen atoms in total.